The smallest absolute Gasteiger partial charge is 0.257 e. The number of phenolic OH excluding ortho intramolecular Hbond substituents is 1. The van der Waals surface area contributed by atoms with Crippen LogP contribution in [0.3, 0.4) is 0 Å². The Labute approximate surface area is 192 Å². The predicted molar refractivity (Wildman–Crippen MR) is 124 cm³/mol. The number of piperazine rings is 1. The standard InChI is InChI=1S/C24H25N3O5S/c28-22-8-4-3-7-21(22)24(30)27-15-13-26(14-16-27)23(29)11-12-25-33(31,32)20-10-9-18-5-1-2-6-19(18)17-20/h1-10,17,25,28H,11-16H2. The molecule has 0 atom stereocenters. The number of amides is 2. The number of rotatable bonds is 6. The number of sulfonamides is 1. The minimum Gasteiger partial charge on any atom is -0.507 e. The van der Waals surface area contributed by atoms with Gasteiger partial charge < -0.3 is 14.9 Å². The molecular formula is C24H25N3O5S. The van der Waals surface area contributed by atoms with E-state index >= 15 is 0 Å². The van der Waals surface area contributed by atoms with E-state index in [4.69, 9.17) is 0 Å². The van der Waals surface area contributed by atoms with Crippen LogP contribution in [-0.2, 0) is 14.8 Å². The van der Waals surface area contributed by atoms with Crippen molar-refractivity contribution in [1.29, 1.82) is 0 Å². The minimum atomic E-state index is -3.73. The Hall–Kier alpha value is -3.43. The molecule has 0 spiro atoms. The molecule has 9 heteroatoms. The van der Waals surface area contributed by atoms with Gasteiger partial charge in [-0.3, -0.25) is 9.59 Å². The van der Waals surface area contributed by atoms with Gasteiger partial charge in [0.05, 0.1) is 10.5 Å². The molecule has 1 aliphatic heterocycles. The first kappa shape index (κ1) is 22.8. The molecule has 172 valence electrons. The molecule has 3 aromatic carbocycles. The van der Waals surface area contributed by atoms with Gasteiger partial charge in [-0.05, 0) is 35.0 Å². The van der Waals surface area contributed by atoms with E-state index in [1.54, 1.807) is 46.2 Å². The van der Waals surface area contributed by atoms with Crippen LogP contribution >= 0.6 is 0 Å². The van der Waals surface area contributed by atoms with Gasteiger partial charge in [-0.1, -0.05) is 42.5 Å². The molecule has 0 bridgehead atoms. The summed E-state index contributed by atoms with van der Waals surface area (Å²) in [5, 5.41) is 11.7. The van der Waals surface area contributed by atoms with Crippen molar-refractivity contribution in [3.8, 4) is 5.75 Å². The summed E-state index contributed by atoms with van der Waals surface area (Å²) in [6, 6.07) is 18.8. The topological polar surface area (TPSA) is 107 Å². The summed E-state index contributed by atoms with van der Waals surface area (Å²) in [5.41, 5.74) is 0.236. The zero-order valence-corrected chi connectivity index (χ0v) is 18.8. The Morgan fingerprint density at radius 3 is 2.21 bits per heavy atom. The number of nitrogens with zero attached hydrogens (tertiary/aromatic N) is 2. The molecule has 1 fully saturated rings. The van der Waals surface area contributed by atoms with Gasteiger partial charge in [-0.25, -0.2) is 13.1 Å². The lowest BCUT2D eigenvalue weighted by Crippen LogP contribution is -2.51. The number of aromatic hydroxyl groups is 1. The number of hydrogen-bond donors (Lipinski definition) is 2. The zero-order valence-electron chi connectivity index (χ0n) is 18.0. The van der Waals surface area contributed by atoms with Crippen LogP contribution in [0.15, 0.2) is 71.6 Å². The molecule has 8 nitrogen and oxygen atoms in total. The van der Waals surface area contributed by atoms with E-state index in [2.05, 4.69) is 4.72 Å². The van der Waals surface area contributed by atoms with E-state index in [0.29, 0.717) is 26.2 Å². The highest BCUT2D eigenvalue weighted by Gasteiger charge is 2.26. The normalized spacial score (nSPS) is 14.4. The van der Waals surface area contributed by atoms with E-state index in [-0.39, 0.29) is 41.0 Å². The van der Waals surface area contributed by atoms with Gasteiger partial charge in [0.25, 0.3) is 5.91 Å². The molecule has 2 N–H and O–H groups in total. The van der Waals surface area contributed by atoms with E-state index in [0.717, 1.165) is 10.8 Å². The van der Waals surface area contributed by atoms with Crippen LogP contribution in [0.4, 0.5) is 0 Å². The molecule has 0 radical (unpaired) electrons. The third-order valence-electron chi connectivity index (χ3n) is 5.72. The van der Waals surface area contributed by atoms with Gasteiger partial charge in [0.2, 0.25) is 15.9 Å². The van der Waals surface area contributed by atoms with Crippen molar-refractivity contribution in [2.75, 3.05) is 32.7 Å². The van der Waals surface area contributed by atoms with Crippen LogP contribution in [0.25, 0.3) is 10.8 Å². The molecule has 3 aromatic rings. The van der Waals surface area contributed by atoms with Crippen molar-refractivity contribution in [1.82, 2.24) is 14.5 Å². The van der Waals surface area contributed by atoms with Gasteiger partial charge in [0.1, 0.15) is 5.75 Å². The highest BCUT2D eigenvalue weighted by Crippen LogP contribution is 2.20. The Kier molecular flexibility index (Phi) is 6.62. The number of phenols is 1. The zero-order chi connectivity index (χ0) is 23.4. The van der Waals surface area contributed by atoms with E-state index < -0.39 is 10.0 Å². The first-order chi connectivity index (χ1) is 15.8. The molecule has 0 aromatic heterocycles. The molecule has 2 amide bonds. The first-order valence-corrected chi connectivity index (χ1v) is 12.2. The number of nitrogens with one attached hydrogen (secondary N) is 1. The molecule has 1 aliphatic rings. The largest absolute Gasteiger partial charge is 0.507 e. The Morgan fingerprint density at radius 2 is 1.48 bits per heavy atom. The summed E-state index contributed by atoms with van der Waals surface area (Å²) in [5.74, 6) is -0.520. The maximum absolute atomic E-state index is 12.6. The maximum atomic E-state index is 12.6. The number of hydrogen-bond acceptors (Lipinski definition) is 5. The second-order valence-electron chi connectivity index (χ2n) is 7.85. The van der Waals surface area contributed by atoms with Crippen molar-refractivity contribution >= 4 is 32.6 Å². The van der Waals surface area contributed by atoms with Crippen LogP contribution < -0.4 is 4.72 Å². The molecule has 0 saturated carbocycles. The fourth-order valence-corrected chi connectivity index (χ4v) is 4.92. The molecule has 0 unspecified atom stereocenters. The summed E-state index contributed by atoms with van der Waals surface area (Å²) in [6.45, 7) is 1.40. The summed E-state index contributed by atoms with van der Waals surface area (Å²) in [4.78, 5) is 28.5. The lowest BCUT2D eigenvalue weighted by Gasteiger charge is -2.35. The molecule has 1 heterocycles. The van der Waals surface area contributed by atoms with Crippen LogP contribution in [0.2, 0.25) is 0 Å². The molecule has 4 rings (SSSR count). The van der Waals surface area contributed by atoms with Crippen molar-refractivity contribution in [2.45, 2.75) is 11.3 Å². The Bertz CT molecular complexity index is 1280. The Morgan fingerprint density at radius 1 is 0.848 bits per heavy atom. The van der Waals surface area contributed by atoms with E-state index in [1.807, 2.05) is 24.3 Å². The third kappa shape index (κ3) is 5.15. The summed E-state index contributed by atoms with van der Waals surface area (Å²) >= 11 is 0. The molecule has 1 saturated heterocycles. The van der Waals surface area contributed by atoms with Gasteiger partial charge >= 0.3 is 0 Å². The summed E-state index contributed by atoms with van der Waals surface area (Å²) in [6.07, 6.45) is 0.0280. The average molecular weight is 468 g/mol. The monoisotopic (exact) mass is 467 g/mol. The second kappa shape index (κ2) is 9.60. The number of carbonyl (C=O) groups is 2. The number of fused-ring (bicyclic) bond motifs is 1. The number of para-hydroxylation sites is 1. The van der Waals surface area contributed by atoms with Crippen LogP contribution in [-0.4, -0.2) is 67.9 Å². The van der Waals surface area contributed by atoms with E-state index in [1.165, 1.54) is 6.07 Å². The van der Waals surface area contributed by atoms with Crippen molar-refractivity contribution in [3.05, 3.63) is 72.3 Å². The van der Waals surface area contributed by atoms with Crippen molar-refractivity contribution in [3.63, 3.8) is 0 Å². The fourth-order valence-electron chi connectivity index (χ4n) is 3.85. The maximum Gasteiger partial charge on any atom is 0.257 e. The highest BCUT2D eigenvalue weighted by atomic mass is 32.2. The van der Waals surface area contributed by atoms with Crippen LogP contribution in [0.1, 0.15) is 16.8 Å². The second-order valence-corrected chi connectivity index (χ2v) is 9.61. The number of benzene rings is 3. The van der Waals surface area contributed by atoms with Gasteiger partial charge in [-0.2, -0.15) is 0 Å². The van der Waals surface area contributed by atoms with Crippen LogP contribution in [0.5, 0.6) is 5.75 Å². The first-order valence-electron chi connectivity index (χ1n) is 10.7. The van der Waals surface area contributed by atoms with Crippen molar-refractivity contribution in [2.24, 2.45) is 0 Å². The van der Waals surface area contributed by atoms with Gasteiger partial charge in [-0.15, -0.1) is 0 Å². The summed E-state index contributed by atoms with van der Waals surface area (Å²) in [7, 11) is -3.73. The SMILES string of the molecule is O=C(CCNS(=O)(=O)c1ccc2ccccc2c1)N1CCN(C(=O)c2ccccc2O)CC1. The van der Waals surface area contributed by atoms with Crippen LogP contribution in [0, 0.1) is 0 Å². The average Bonchev–Trinajstić information content (AvgIpc) is 2.83. The van der Waals surface area contributed by atoms with Gasteiger partial charge in [0.15, 0.2) is 0 Å². The molecule has 0 aliphatic carbocycles. The molecule has 33 heavy (non-hydrogen) atoms. The van der Waals surface area contributed by atoms with Gasteiger partial charge in [0, 0.05) is 39.1 Å². The number of carbonyl (C=O) groups excluding carboxylic acids is 2. The fraction of sp³-hybridized carbons (Fsp3) is 0.250. The quantitative estimate of drug-likeness (QED) is 0.578. The van der Waals surface area contributed by atoms with Crippen molar-refractivity contribution < 1.29 is 23.1 Å². The summed E-state index contributed by atoms with van der Waals surface area (Å²) < 4.78 is 27.7. The predicted octanol–water partition coefficient (Wildman–Crippen LogP) is 2.20. The Balaban J connectivity index is 1.28. The lowest BCUT2D eigenvalue weighted by atomic mass is 10.1. The van der Waals surface area contributed by atoms with E-state index in [9.17, 15) is 23.1 Å². The minimum absolute atomic E-state index is 0.00890. The highest BCUT2D eigenvalue weighted by molar-refractivity contribution is 7.89. The molecular weight excluding hydrogens is 442 g/mol. The third-order valence-corrected chi connectivity index (χ3v) is 7.17. The lowest BCUT2D eigenvalue weighted by molar-refractivity contribution is -0.132.